The van der Waals surface area contributed by atoms with Crippen molar-refractivity contribution in [2.24, 2.45) is 0 Å². The second-order valence-corrected chi connectivity index (χ2v) is 10.2. The molecule has 3 aromatic carbocycles. The predicted molar refractivity (Wildman–Crippen MR) is 169 cm³/mol. The van der Waals surface area contributed by atoms with Crippen LogP contribution >= 0.6 is 0 Å². The molecule has 0 aliphatic carbocycles. The van der Waals surface area contributed by atoms with Crippen LogP contribution in [0.5, 0.6) is 23.0 Å². The van der Waals surface area contributed by atoms with E-state index in [4.69, 9.17) is 14.2 Å². The lowest BCUT2D eigenvalue weighted by Crippen LogP contribution is -2.46. The number of ketones is 1. The zero-order valence-corrected chi connectivity index (χ0v) is 26.0. The number of anilines is 2. The monoisotopic (exact) mass is 647 g/mol. The average Bonchev–Trinajstić information content (AvgIpc) is 3.04. The van der Waals surface area contributed by atoms with Crippen molar-refractivity contribution in [2.45, 2.75) is 13.0 Å². The number of ether oxygens (including phenoxy) is 3. The number of rotatable bonds is 12. The van der Waals surface area contributed by atoms with Gasteiger partial charge < -0.3 is 35.1 Å². The molecule has 0 radical (unpaired) electrons. The Bertz CT molecular complexity index is 1860. The third-order valence-electron chi connectivity index (χ3n) is 6.70. The van der Waals surface area contributed by atoms with E-state index in [1.54, 1.807) is 18.2 Å². The highest BCUT2D eigenvalue weighted by Crippen LogP contribution is 2.37. The van der Waals surface area contributed by atoms with Crippen LogP contribution in [0.2, 0.25) is 0 Å². The molecule has 1 atom stereocenters. The number of aromatic nitrogens is 1. The first-order chi connectivity index (χ1) is 22.4. The Morgan fingerprint density at radius 2 is 1.43 bits per heavy atom. The number of amides is 3. The van der Waals surface area contributed by atoms with Gasteiger partial charge in [-0.3, -0.25) is 24.2 Å². The summed E-state index contributed by atoms with van der Waals surface area (Å²) in [4.78, 5) is 56.6. The number of nitrogens with zero attached hydrogens (tertiary/aromatic N) is 2. The maximum Gasteiger partial charge on any atom is 0.262 e. The second kappa shape index (κ2) is 14.8. The fourth-order valence-corrected chi connectivity index (χ4v) is 4.27. The van der Waals surface area contributed by atoms with E-state index in [-0.39, 0.29) is 22.9 Å². The van der Waals surface area contributed by atoms with Crippen molar-refractivity contribution >= 4 is 45.8 Å². The van der Waals surface area contributed by atoms with E-state index in [9.17, 15) is 23.6 Å². The van der Waals surface area contributed by atoms with Crippen LogP contribution in [0.1, 0.15) is 6.92 Å². The molecule has 0 aliphatic heterocycles. The zero-order valence-electron chi connectivity index (χ0n) is 26.0. The standard InChI is InChI=1S/C33H31F2N5O7/c1-18(41)30(33(44)40(2)3)37-17-23(31(42)38-20-8-6-19(34)7-9-20)32(43)39-21-10-11-27(24(35)14-21)47-26-12-13-36-25-16-29(46-5)28(45-4)15-22(25)26/h6-17,30,37H,1-5H3,(H,38,42)(H,39,43)/b23-17+. The van der Waals surface area contributed by atoms with Gasteiger partial charge in [0.1, 0.15) is 17.1 Å². The van der Waals surface area contributed by atoms with E-state index in [1.165, 1.54) is 70.6 Å². The Labute approximate surface area is 268 Å². The first-order valence-corrected chi connectivity index (χ1v) is 14.0. The Morgan fingerprint density at radius 3 is 2.02 bits per heavy atom. The first kappa shape index (κ1) is 33.8. The van der Waals surface area contributed by atoms with Gasteiger partial charge in [0.25, 0.3) is 17.7 Å². The van der Waals surface area contributed by atoms with Crippen LogP contribution < -0.4 is 30.2 Å². The van der Waals surface area contributed by atoms with E-state index in [1.807, 2.05) is 0 Å². The molecule has 4 aromatic rings. The Hall–Kier alpha value is -6.05. The molecule has 0 bridgehead atoms. The van der Waals surface area contributed by atoms with Crippen LogP contribution in [0.3, 0.4) is 0 Å². The number of carbonyl (C=O) groups excluding carboxylic acids is 4. The number of hydrogen-bond acceptors (Lipinski definition) is 9. The van der Waals surface area contributed by atoms with Gasteiger partial charge in [-0.1, -0.05) is 0 Å². The fraction of sp³-hybridized carbons (Fsp3) is 0.182. The average molecular weight is 648 g/mol. The maximum absolute atomic E-state index is 15.3. The molecule has 3 N–H and O–H groups in total. The van der Waals surface area contributed by atoms with Gasteiger partial charge in [0, 0.05) is 55.4 Å². The number of likely N-dealkylation sites (N-methyl/N-ethyl adjacent to an activating group) is 1. The molecular formula is C33H31F2N5O7. The van der Waals surface area contributed by atoms with E-state index in [0.717, 1.165) is 24.4 Å². The molecule has 1 unspecified atom stereocenters. The number of nitrogens with one attached hydrogen (secondary N) is 3. The molecule has 1 aromatic heterocycles. The van der Waals surface area contributed by atoms with Gasteiger partial charge in [-0.05, 0) is 55.5 Å². The molecule has 14 heteroatoms. The van der Waals surface area contributed by atoms with Crippen LogP contribution in [-0.4, -0.2) is 67.7 Å². The normalized spacial score (nSPS) is 11.7. The maximum atomic E-state index is 15.3. The van der Waals surface area contributed by atoms with Gasteiger partial charge in [0.15, 0.2) is 34.9 Å². The smallest absolute Gasteiger partial charge is 0.262 e. The molecule has 244 valence electrons. The van der Waals surface area contributed by atoms with Crippen molar-refractivity contribution in [2.75, 3.05) is 38.9 Å². The first-order valence-electron chi connectivity index (χ1n) is 14.0. The number of benzene rings is 3. The number of hydrogen-bond donors (Lipinski definition) is 3. The van der Waals surface area contributed by atoms with Gasteiger partial charge in [0.05, 0.1) is 19.7 Å². The van der Waals surface area contributed by atoms with Crippen LogP contribution in [-0.2, 0) is 19.2 Å². The summed E-state index contributed by atoms with van der Waals surface area (Å²) in [6, 6.07) is 11.8. The summed E-state index contributed by atoms with van der Waals surface area (Å²) in [6.45, 7) is 1.17. The van der Waals surface area contributed by atoms with Crippen LogP contribution in [0.25, 0.3) is 10.9 Å². The molecule has 0 spiro atoms. The van der Waals surface area contributed by atoms with E-state index in [2.05, 4.69) is 20.9 Å². The number of carbonyl (C=O) groups is 4. The molecule has 0 aliphatic rings. The SMILES string of the molecule is COc1cc2nccc(Oc3ccc(NC(=O)/C(=C/NC(C(C)=O)C(=O)N(C)C)C(=O)Nc4ccc(F)cc4)cc3F)c2cc1OC. The molecule has 0 saturated heterocycles. The summed E-state index contributed by atoms with van der Waals surface area (Å²) in [5.74, 6) is -3.59. The van der Waals surface area contributed by atoms with Gasteiger partial charge >= 0.3 is 0 Å². The molecule has 0 saturated carbocycles. The van der Waals surface area contributed by atoms with E-state index >= 15 is 4.39 Å². The predicted octanol–water partition coefficient (Wildman–Crippen LogP) is 4.42. The van der Waals surface area contributed by atoms with Crippen molar-refractivity contribution < 1.29 is 42.2 Å². The summed E-state index contributed by atoms with van der Waals surface area (Å²) in [5, 5.41) is 7.92. The Balaban J connectivity index is 1.59. The fourth-order valence-electron chi connectivity index (χ4n) is 4.27. The van der Waals surface area contributed by atoms with Crippen molar-refractivity contribution in [3.05, 3.63) is 90.3 Å². The molecule has 4 rings (SSSR count). The summed E-state index contributed by atoms with van der Waals surface area (Å²) in [7, 11) is 5.83. The third-order valence-corrected chi connectivity index (χ3v) is 6.70. The van der Waals surface area contributed by atoms with Gasteiger partial charge in [0.2, 0.25) is 0 Å². The van der Waals surface area contributed by atoms with Crippen molar-refractivity contribution in [3.63, 3.8) is 0 Å². The third kappa shape index (κ3) is 8.16. The van der Waals surface area contributed by atoms with Crippen molar-refractivity contribution in [1.29, 1.82) is 0 Å². The number of fused-ring (bicyclic) bond motifs is 1. The largest absolute Gasteiger partial charge is 0.493 e. The molecular weight excluding hydrogens is 616 g/mol. The quantitative estimate of drug-likeness (QED) is 0.115. The lowest BCUT2D eigenvalue weighted by Gasteiger charge is -2.19. The second-order valence-electron chi connectivity index (χ2n) is 10.2. The lowest BCUT2D eigenvalue weighted by atomic mass is 10.1. The number of Topliss-reactive ketones (excluding diaryl/α,β-unsaturated/α-hetero) is 1. The van der Waals surface area contributed by atoms with Crippen LogP contribution in [0.4, 0.5) is 20.2 Å². The van der Waals surface area contributed by atoms with Gasteiger partial charge in [-0.15, -0.1) is 0 Å². The molecule has 3 amide bonds. The highest BCUT2D eigenvalue weighted by Gasteiger charge is 2.26. The van der Waals surface area contributed by atoms with Crippen molar-refractivity contribution in [1.82, 2.24) is 15.2 Å². The number of halogens is 2. The summed E-state index contributed by atoms with van der Waals surface area (Å²) in [5.41, 5.74) is 0.0599. The highest BCUT2D eigenvalue weighted by atomic mass is 19.1. The minimum absolute atomic E-state index is 0.0428. The minimum atomic E-state index is -1.40. The molecule has 1 heterocycles. The summed E-state index contributed by atoms with van der Waals surface area (Å²) < 4.78 is 45.2. The zero-order chi connectivity index (χ0) is 34.2. The molecule has 0 fully saturated rings. The Morgan fingerprint density at radius 1 is 0.809 bits per heavy atom. The summed E-state index contributed by atoms with van der Waals surface area (Å²) in [6.07, 6.45) is 2.39. The topological polar surface area (TPSA) is 148 Å². The minimum Gasteiger partial charge on any atom is -0.493 e. The summed E-state index contributed by atoms with van der Waals surface area (Å²) >= 11 is 0. The molecule has 12 nitrogen and oxygen atoms in total. The highest BCUT2D eigenvalue weighted by molar-refractivity contribution is 6.26. The lowest BCUT2D eigenvalue weighted by molar-refractivity contribution is -0.135. The number of methoxy groups -OCH3 is 2. The van der Waals surface area contributed by atoms with E-state index in [0.29, 0.717) is 22.4 Å². The van der Waals surface area contributed by atoms with Crippen molar-refractivity contribution in [3.8, 4) is 23.0 Å². The molecule has 47 heavy (non-hydrogen) atoms. The van der Waals surface area contributed by atoms with Crippen LogP contribution in [0.15, 0.2) is 78.6 Å². The van der Waals surface area contributed by atoms with Gasteiger partial charge in [-0.25, -0.2) is 8.78 Å². The van der Waals surface area contributed by atoms with E-state index < -0.39 is 46.8 Å². The van der Waals surface area contributed by atoms with Crippen LogP contribution in [0, 0.1) is 11.6 Å². The van der Waals surface area contributed by atoms with Gasteiger partial charge in [-0.2, -0.15) is 0 Å². The number of pyridine rings is 1. The Kier molecular flexibility index (Phi) is 10.7.